The molecule has 0 aliphatic carbocycles. The van der Waals surface area contributed by atoms with Crippen LogP contribution in [0.3, 0.4) is 0 Å². The molecule has 0 atom stereocenters. The third-order valence-electron chi connectivity index (χ3n) is 3.83. The van der Waals surface area contributed by atoms with E-state index in [1.54, 1.807) is 0 Å². The number of carbonyl (C=O) groups is 1. The molecule has 0 spiro atoms. The van der Waals surface area contributed by atoms with E-state index in [1.807, 2.05) is 55.5 Å². The summed E-state index contributed by atoms with van der Waals surface area (Å²) in [6, 6.07) is 15.1. The fraction of sp³-hybridized carbons (Fsp3) is 0.250. The van der Waals surface area contributed by atoms with Gasteiger partial charge in [0, 0.05) is 11.1 Å². The summed E-state index contributed by atoms with van der Waals surface area (Å²) in [4.78, 5) is 12.3. The lowest BCUT2D eigenvalue weighted by Crippen LogP contribution is -2.02. The maximum Gasteiger partial charge on any atom is 0.277 e. The van der Waals surface area contributed by atoms with Gasteiger partial charge in [-0.05, 0) is 43.2 Å². The molecule has 3 rings (SSSR count). The van der Waals surface area contributed by atoms with Gasteiger partial charge in [-0.1, -0.05) is 43.0 Å². The molecule has 3 aromatic rings. The van der Waals surface area contributed by atoms with Crippen LogP contribution in [0.1, 0.15) is 29.8 Å². The highest BCUT2D eigenvalue weighted by molar-refractivity contribution is 7.99. The lowest BCUT2D eigenvalue weighted by atomic mass is 10.1. The third kappa shape index (κ3) is 4.52. The van der Waals surface area contributed by atoms with E-state index >= 15 is 0 Å². The van der Waals surface area contributed by atoms with Crippen molar-refractivity contribution in [2.45, 2.75) is 25.5 Å². The Balaban J connectivity index is 1.60. The van der Waals surface area contributed by atoms with Crippen molar-refractivity contribution >= 4 is 17.5 Å². The summed E-state index contributed by atoms with van der Waals surface area (Å²) in [6.07, 6.45) is 0.958. The molecule has 2 aromatic carbocycles. The Labute approximate surface area is 156 Å². The first-order chi connectivity index (χ1) is 12.7. The van der Waals surface area contributed by atoms with Crippen molar-refractivity contribution < 1.29 is 13.9 Å². The first-order valence-corrected chi connectivity index (χ1v) is 9.49. The van der Waals surface area contributed by atoms with Gasteiger partial charge in [0.1, 0.15) is 5.75 Å². The standard InChI is InChI=1S/C20H20N2O3S/c1-3-14-5-7-15(8-6-14)18(23)13-26-20-22-21-19(25-20)16-9-11-17(12-10-16)24-4-2/h5-12H,3-4,13H2,1-2H3. The molecule has 0 bridgehead atoms. The van der Waals surface area contributed by atoms with Crippen molar-refractivity contribution in [2.24, 2.45) is 0 Å². The van der Waals surface area contributed by atoms with Gasteiger partial charge in [0.05, 0.1) is 12.4 Å². The summed E-state index contributed by atoms with van der Waals surface area (Å²) in [6.45, 7) is 4.65. The Morgan fingerprint density at radius 3 is 2.42 bits per heavy atom. The molecule has 134 valence electrons. The lowest BCUT2D eigenvalue weighted by molar-refractivity contribution is 0.102. The molecular formula is C20H20N2O3S. The number of nitrogens with zero attached hydrogens (tertiary/aromatic N) is 2. The number of Topliss-reactive ketones (excluding diaryl/α,β-unsaturated/α-hetero) is 1. The zero-order valence-electron chi connectivity index (χ0n) is 14.8. The van der Waals surface area contributed by atoms with Crippen LogP contribution in [-0.2, 0) is 6.42 Å². The topological polar surface area (TPSA) is 65.2 Å². The summed E-state index contributed by atoms with van der Waals surface area (Å²) in [5.74, 6) is 1.52. The largest absolute Gasteiger partial charge is 0.494 e. The van der Waals surface area contributed by atoms with Crippen LogP contribution in [0, 0.1) is 0 Å². The van der Waals surface area contributed by atoms with Crippen molar-refractivity contribution in [3.63, 3.8) is 0 Å². The SMILES string of the molecule is CCOc1ccc(-c2nnc(SCC(=O)c3ccc(CC)cc3)o2)cc1. The first kappa shape index (κ1) is 18.2. The second-order valence-electron chi connectivity index (χ2n) is 5.59. The molecule has 0 fully saturated rings. The van der Waals surface area contributed by atoms with Gasteiger partial charge in [-0.3, -0.25) is 4.79 Å². The van der Waals surface area contributed by atoms with Gasteiger partial charge < -0.3 is 9.15 Å². The van der Waals surface area contributed by atoms with Crippen molar-refractivity contribution in [1.82, 2.24) is 10.2 Å². The normalized spacial score (nSPS) is 10.7. The predicted molar refractivity (Wildman–Crippen MR) is 102 cm³/mol. The number of thioether (sulfide) groups is 1. The molecule has 0 saturated carbocycles. The van der Waals surface area contributed by atoms with Crippen LogP contribution in [-0.4, -0.2) is 28.3 Å². The third-order valence-corrected chi connectivity index (χ3v) is 4.65. The maximum atomic E-state index is 12.3. The molecular weight excluding hydrogens is 348 g/mol. The van der Waals surface area contributed by atoms with Crippen LogP contribution in [0.25, 0.3) is 11.5 Å². The van der Waals surface area contributed by atoms with Crippen LogP contribution in [0.5, 0.6) is 5.75 Å². The van der Waals surface area contributed by atoms with E-state index in [0.717, 1.165) is 17.7 Å². The molecule has 5 nitrogen and oxygen atoms in total. The fourth-order valence-electron chi connectivity index (χ4n) is 2.38. The van der Waals surface area contributed by atoms with Gasteiger partial charge in [0.15, 0.2) is 5.78 Å². The Morgan fingerprint density at radius 1 is 1.04 bits per heavy atom. The highest BCUT2D eigenvalue weighted by atomic mass is 32.2. The smallest absolute Gasteiger partial charge is 0.277 e. The second-order valence-corrected chi connectivity index (χ2v) is 6.52. The number of aromatic nitrogens is 2. The van der Waals surface area contributed by atoms with Crippen molar-refractivity contribution in [2.75, 3.05) is 12.4 Å². The monoisotopic (exact) mass is 368 g/mol. The average molecular weight is 368 g/mol. The minimum atomic E-state index is 0.0403. The van der Waals surface area contributed by atoms with E-state index in [9.17, 15) is 4.79 Å². The summed E-state index contributed by atoms with van der Waals surface area (Å²) in [5, 5.41) is 8.43. The predicted octanol–water partition coefficient (Wildman–Crippen LogP) is 4.67. The van der Waals surface area contributed by atoms with Crippen LogP contribution >= 0.6 is 11.8 Å². The van der Waals surface area contributed by atoms with Crippen molar-refractivity contribution in [1.29, 1.82) is 0 Å². The highest BCUT2D eigenvalue weighted by Gasteiger charge is 2.12. The van der Waals surface area contributed by atoms with E-state index in [0.29, 0.717) is 23.3 Å². The van der Waals surface area contributed by atoms with Gasteiger partial charge in [-0.15, -0.1) is 10.2 Å². The number of ketones is 1. The molecule has 0 aliphatic rings. The zero-order valence-corrected chi connectivity index (χ0v) is 15.6. The number of hydrogen-bond acceptors (Lipinski definition) is 6. The summed E-state index contributed by atoms with van der Waals surface area (Å²) < 4.78 is 11.1. The lowest BCUT2D eigenvalue weighted by Gasteiger charge is -2.02. The molecule has 0 amide bonds. The van der Waals surface area contributed by atoms with Gasteiger partial charge in [0.2, 0.25) is 5.89 Å². The van der Waals surface area contributed by atoms with Crippen molar-refractivity contribution in [3.05, 3.63) is 59.7 Å². The molecule has 26 heavy (non-hydrogen) atoms. The molecule has 0 unspecified atom stereocenters. The Bertz CT molecular complexity index is 858. The summed E-state index contributed by atoms with van der Waals surface area (Å²) >= 11 is 1.25. The van der Waals surface area contributed by atoms with Gasteiger partial charge in [0.25, 0.3) is 5.22 Å². The number of benzene rings is 2. The van der Waals surface area contributed by atoms with E-state index in [2.05, 4.69) is 17.1 Å². The van der Waals surface area contributed by atoms with Gasteiger partial charge in [-0.2, -0.15) is 0 Å². The summed E-state index contributed by atoms with van der Waals surface area (Å²) in [7, 11) is 0. The molecule has 6 heteroatoms. The Hall–Kier alpha value is -2.60. The van der Waals surface area contributed by atoms with Gasteiger partial charge >= 0.3 is 0 Å². The van der Waals surface area contributed by atoms with Crippen LogP contribution in [0.4, 0.5) is 0 Å². The zero-order chi connectivity index (χ0) is 18.4. The first-order valence-electron chi connectivity index (χ1n) is 8.51. The van der Waals surface area contributed by atoms with Crippen molar-refractivity contribution in [3.8, 4) is 17.2 Å². The average Bonchev–Trinajstić information content (AvgIpc) is 3.16. The minimum absolute atomic E-state index is 0.0403. The van der Waals surface area contributed by atoms with Crippen LogP contribution in [0.2, 0.25) is 0 Å². The fourth-order valence-corrected chi connectivity index (χ4v) is 3.04. The van der Waals surface area contributed by atoms with E-state index in [1.165, 1.54) is 17.3 Å². The molecule has 0 N–H and O–H groups in total. The molecule has 1 aromatic heterocycles. The Kier molecular flexibility index (Phi) is 6.07. The number of carbonyl (C=O) groups excluding carboxylic acids is 1. The quantitative estimate of drug-likeness (QED) is 0.425. The van der Waals surface area contributed by atoms with Crippen LogP contribution < -0.4 is 4.74 Å². The maximum absolute atomic E-state index is 12.3. The number of hydrogen-bond donors (Lipinski definition) is 0. The molecule has 0 aliphatic heterocycles. The highest BCUT2D eigenvalue weighted by Crippen LogP contribution is 2.25. The van der Waals surface area contributed by atoms with E-state index in [4.69, 9.17) is 9.15 Å². The molecule has 1 heterocycles. The molecule has 0 radical (unpaired) electrons. The number of aryl methyl sites for hydroxylation is 1. The van der Waals surface area contributed by atoms with Gasteiger partial charge in [-0.25, -0.2) is 0 Å². The molecule has 0 saturated heterocycles. The second kappa shape index (κ2) is 8.67. The van der Waals surface area contributed by atoms with E-state index < -0.39 is 0 Å². The van der Waals surface area contributed by atoms with E-state index in [-0.39, 0.29) is 11.5 Å². The van der Waals surface area contributed by atoms with Crippen LogP contribution in [0.15, 0.2) is 58.2 Å². The number of ether oxygens (including phenoxy) is 1. The summed E-state index contributed by atoms with van der Waals surface area (Å²) in [5.41, 5.74) is 2.72. The minimum Gasteiger partial charge on any atom is -0.494 e. The number of rotatable bonds is 8. The Morgan fingerprint density at radius 2 is 1.77 bits per heavy atom.